The van der Waals surface area contributed by atoms with Crippen LogP contribution in [0.2, 0.25) is 0 Å². The summed E-state index contributed by atoms with van der Waals surface area (Å²) in [6.07, 6.45) is 1.04. The standard InChI is InChI=1S/C23H22F2N2O4S2/c24-17-5-8-21(20(25)15-17)31-19-9-11-27(12-10-19)22(28)14-16-3-6-18(7-4-16)26-33(29,30)23-2-1-13-32-23/h1-8,13,15,19,26H,9-12,14H2. The van der Waals surface area contributed by atoms with Gasteiger partial charge in [-0.2, -0.15) is 0 Å². The molecular formula is C23H22F2N2O4S2. The van der Waals surface area contributed by atoms with Gasteiger partial charge in [0.05, 0.1) is 6.42 Å². The first-order valence-electron chi connectivity index (χ1n) is 10.3. The van der Waals surface area contributed by atoms with Crippen molar-refractivity contribution in [3.05, 3.63) is 77.2 Å². The van der Waals surface area contributed by atoms with Crippen molar-refractivity contribution in [1.82, 2.24) is 4.90 Å². The molecule has 174 valence electrons. The van der Waals surface area contributed by atoms with Gasteiger partial charge in [-0.3, -0.25) is 9.52 Å². The minimum Gasteiger partial charge on any atom is -0.487 e. The van der Waals surface area contributed by atoms with E-state index in [1.165, 1.54) is 12.1 Å². The average Bonchev–Trinajstić information content (AvgIpc) is 3.34. The fourth-order valence-corrected chi connectivity index (χ4v) is 5.62. The molecule has 1 saturated heterocycles. The number of piperidine rings is 1. The van der Waals surface area contributed by atoms with Crippen LogP contribution in [-0.2, 0) is 21.2 Å². The van der Waals surface area contributed by atoms with E-state index < -0.39 is 21.7 Å². The molecule has 3 aromatic rings. The fraction of sp³-hybridized carbons (Fsp3) is 0.261. The summed E-state index contributed by atoms with van der Waals surface area (Å²) in [7, 11) is -3.62. The number of anilines is 1. The zero-order valence-corrected chi connectivity index (χ0v) is 19.2. The van der Waals surface area contributed by atoms with Crippen molar-refractivity contribution in [2.45, 2.75) is 29.6 Å². The van der Waals surface area contributed by atoms with Gasteiger partial charge < -0.3 is 9.64 Å². The molecule has 0 bridgehead atoms. The van der Waals surface area contributed by atoms with Crippen molar-refractivity contribution >= 4 is 33.0 Å². The summed E-state index contributed by atoms with van der Waals surface area (Å²) in [6, 6.07) is 13.1. The van der Waals surface area contributed by atoms with Gasteiger partial charge in [0.2, 0.25) is 5.91 Å². The molecule has 1 aliphatic heterocycles. The lowest BCUT2D eigenvalue weighted by molar-refractivity contribution is -0.132. The third-order valence-electron chi connectivity index (χ3n) is 5.30. The Hall–Kier alpha value is -2.98. The number of ether oxygens (including phenoxy) is 1. The zero-order chi connectivity index (χ0) is 23.4. The van der Waals surface area contributed by atoms with Gasteiger partial charge in [-0.1, -0.05) is 18.2 Å². The molecule has 33 heavy (non-hydrogen) atoms. The Bertz CT molecular complexity index is 1210. The van der Waals surface area contributed by atoms with Crippen LogP contribution in [0.15, 0.2) is 64.2 Å². The summed E-state index contributed by atoms with van der Waals surface area (Å²) in [5.41, 5.74) is 1.19. The van der Waals surface area contributed by atoms with Crippen LogP contribution in [-0.4, -0.2) is 38.4 Å². The van der Waals surface area contributed by atoms with E-state index in [2.05, 4.69) is 4.72 Å². The van der Waals surface area contributed by atoms with Gasteiger partial charge in [0.1, 0.15) is 16.1 Å². The summed E-state index contributed by atoms with van der Waals surface area (Å²) >= 11 is 1.13. The number of nitrogens with zero attached hydrogens (tertiary/aromatic N) is 1. The Morgan fingerprint density at radius 2 is 1.82 bits per heavy atom. The molecule has 0 unspecified atom stereocenters. The lowest BCUT2D eigenvalue weighted by atomic mass is 10.1. The van der Waals surface area contributed by atoms with E-state index in [0.717, 1.165) is 29.0 Å². The number of nitrogens with one attached hydrogen (secondary N) is 1. The molecule has 4 rings (SSSR count). The van der Waals surface area contributed by atoms with Crippen LogP contribution in [0.4, 0.5) is 14.5 Å². The first-order valence-corrected chi connectivity index (χ1v) is 12.7. The van der Waals surface area contributed by atoms with Gasteiger partial charge in [0, 0.05) is 37.7 Å². The molecule has 1 amide bonds. The van der Waals surface area contributed by atoms with E-state index in [-0.39, 0.29) is 28.4 Å². The summed E-state index contributed by atoms with van der Waals surface area (Å²) in [5, 5.41) is 1.69. The Labute approximate surface area is 194 Å². The number of hydrogen-bond acceptors (Lipinski definition) is 5. The third kappa shape index (κ3) is 5.88. The molecular weight excluding hydrogens is 470 g/mol. The highest BCUT2D eigenvalue weighted by Gasteiger charge is 2.25. The van der Waals surface area contributed by atoms with E-state index >= 15 is 0 Å². The number of halogens is 2. The molecule has 2 heterocycles. The van der Waals surface area contributed by atoms with Crippen LogP contribution in [0.3, 0.4) is 0 Å². The molecule has 0 spiro atoms. The second kappa shape index (κ2) is 9.88. The SMILES string of the molecule is O=C(Cc1ccc(NS(=O)(=O)c2cccs2)cc1)N1CCC(Oc2ccc(F)cc2F)CC1. The quantitative estimate of drug-likeness (QED) is 0.529. The number of rotatable bonds is 7. The number of thiophene rings is 1. The van der Waals surface area contributed by atoms with E-state index in [1.807, 2.05) is 0 Å². The van der Waals surface area contributed by atoms with Crippen molar-refractivity contribution in [1.29, 1.82) is 0 Å². The first-order chi connectivity index (χ1) is 15.8. The zero-order valence-electron chi connectivity index (χ0n) is 17.5. The minimum absolute atomic E-state index is 0.0102. The maximum absolute atomic E-state index is 13.8. The normalized spacial score (nSPS) is 14.8. The smallest absolute Gasteiger partial charge is 0.271 e. The Balaban J connectivity index is 1.27. The number of benzene rings is 2. The first kappa shape index (κ1) is 23.2. The highest BCUT2D eigenvalue weighted by molar-refractivity contribution is 7.94. The van der Waals surface area contributed by atoms with Crippen LogP contribution < -0.4 is 9.46 Å². The maximum Gasteiger partial charge on any atom is 0.271 e. The summed E-state index contributed by atoms with van der Waals surface area (Å²) < 4.78 is 59.8. The molecule has 1 fully saturated rings. The van der Waals surface area contributed by atoms with Gasteiger partial charge in [0.25, 0.3) is 10.0 Å². The molecule has 0 saturated carbocycles. The number of amides is 1. The fourth-order valence-electron chi connectivity index (χ4n) is 3.57. The monoisotopic (exact) mass is 492 g/mol. The van der Waals surface area contributed by atoms with Crippen molar-refractivity contribution in [3.63, 3.8) is 0 Å². The highest BCUT2D eigenvalue weighted by atomic mass is 32.2. The number of carbonyl (C=O) groups excluding carboxylic acids is 1. The van der Waals surface area contributed by atoms with Crippen molar-refractivity contribution in [3.8, 4) is 5.75 Å². The largest absolute Gasteiger partial charge is 0.487 e. The lowest BCUT2D eigenvalue weighted by Gasteiger charge is -2.32. The van der Waals surface area contributed by atoms with Crippen molar-refractivity contribution in [2.24, 2.45) is 0 Å². The van der Waals surface area contributed by atoms with Crippen molar-refractivity contribution in [2.75, 3.05) is 17.8 Å². The predicted molar refractivity (Wildman–Crippen MR) is 122 cm³/mol. The molecule has 1 aromatic heterocycles. The number of carbonyl (C=O) groups is 1. The third-order valence-corrected chi connectivity index (χ3v) is 8.08. The minimum atomic E-state index is -3.62. The number of likely N-dealkylation sites (tertiary alicyclic amines) is 1. The van der Waals surface area contributed by atoms with E-state index in [4.69, 9.17) is 4.74 Å². The Morgan fingerprint density at radius 1 is 1.09 bits per heavy atom. The van der Waals surface area contributed by atoms with Crippen LogP contribution in [0.1, 0.15) is 18.4 Å². The molecule has 0 aliphatic carbocycles. The topological polar surface area (TPSA) is 75.7 Å². The van der Waals surface area contributed by atoms with Crippen LogP contribution in [0.25, 0.3) is 0 Å². The Kier molecular flexibility index (Phi) is 6.94. The van der Waals surface area contributed by atoms with Gasteiger partial charge in [-0.25, -0.2) is 17.2 Å². The summed E-state index contributed by atoms with van der Waals surface area (Å²) in [5.74, 6) is -1.44. The second-order valence-corrected chi connectivity index (χ2v) is 10.5. The summed E-state index contributed by atoms with van der Waals surface area (Å²) in [6.45, 7) is 0.954. The number of hydrogen-bond donors (Lipinski definition) is 1. The molecule has 10 heteroatoms. The van der Waals surface area contributed by atoms with Crippen molar-refractivity contribution < 1.29 is 26.7 Å². The number of sulfonamides is 1. The second-order valence-electron chi connectivity index (χ2n) is 7.68. The molecule has 0 radical (unpaired) electrons. The van der Waals surface area contributed by atoms with Crippen LogP contribution in [0, 0.1) is 11.6 Å². The average molecular weight is 493 g/mol. The van der Waals surface area contributed by atoms with E-state index in [0.29, 0.717) is 31.6 Å². The molecule has 0 atom stereocenters. The van der Waals surface area contributed by atoms with Gasteiger partial charge in [-0.15, -0.1) is 11.3 Å². The predicted octanol–water partition coefficient (Wildman–Crippen LogP) is 4.44. The molecule has 6 nitrogen and oxygen atoms in total. The van der Waals surface area contributed by atoms with Crippen LogP contribution >= 0.6 is 11.3 Å². The molecule has 1 N–H and O–H groups in total. The molecule has 1 aliphatic rings. The van der Waals surface area contributed by atoms with E-state index in [9.17, 15) is 22.0 Å². The molecule has 2 aromatic carbocycles. The van der Waals surface area contributed by atoms with Gasteiger partial charge in [-0.05, 0) is 41.3 Å². The van der Waals surface area contributed by atoms with Crippen LogP contribution in [0.5, 0.6) is 5.75 Å². The van der Waals surface area contributed by atoms with Gasteiger partial charge >= 0.3 is 0 Å². The van der Waals surface area contributed by atoms with E-state index in [1.54, 1.807) is 40.6 Å². The maximum atomic E-state index is 13.8. The Morgan fingerprint density at radius 3 is 2.45 bits per heavy atom. The summed E-state index contributed by atoms with van der Waals surface area (Å²) in [4.78, 5) is 14.4. The highest BCUT2D eigenvalue weighted by Crippen LogP contribution is 2.24. The lowest BCUT2D eigenvalue weighted by Crippen LogP contribution is -2.42. The van der Waals surface area contributed by atoms with Gasteiger partial charge in [0.15, 0.2) is 11.6 Å².